The number of hydrogen-bond donors (Lipinski definition) is 2. The highest BCUT2D eigenvalue weighted by Gasteiger charge is 2.06. The maximum Gasteiger partial charge on any atom is 0.258 e. The van der Waals surface area contributed by atoms with Crippen LogP contribution >= 0.6 is 11.3 Å². The molecule has 0 saturated carbocycles. The summed E-state index contributed by atoms with van der Waals surface area (Å²) < 4.78 is 5.36. The van der Waals surface area contributed by atoms with Crippen LogP contribution < -0.4 is 15.8 Å². The van der Waals surface area contributed by atoms with Crippen LogP contribution in [0.3, 0.4) is 0 Å². The highest BCUT2D eigenvalue weighted by molar-refractivity contribution is 7.11. The Bertz CT molecular complexity index is 583. The van der Waals surface area contributed by atoms with Gasteiger partial charge in [0, 0.05) is 11.1 Å². The second-order valence-electron chi connectivity index (χ2n) is 4.18. The van der Waals surface area contributed by atoms with Crippen molar-refractivity contribution < 1.29 is 9.53 Å². The molecule has 0 aliphatic rings. The molecule has 0 atom stereocenters. The Kier molecular flexibility index (Phi) is 4.95. The first kappa shape index (κ1) is 14.3. The molecule has 0 unspecified atom stereocenters. The van der Waals surface area contributed by atoms with Crippen molar-refractivity contribution in [2.24, 2.45) is 0 Å². The third-order valence-corrected chi connectivity index (χ3v) is 3.81. The van der Waals surface area contributed by atoms with Gasteiger partial charge < -0.3 is 15.8 Å². The highest BCUT2D eigenvalue weighted by atomic mass is 32.1. The number of nitrogens with two attached hydrogens (primary N) is 1. The van der Waals surface area contributed by atoms with E-state index in [0.29, 0.717) is 18.0 Å². The van der Waals surface area contributed by atoms with E-state index < -0.39 is 0 Å². The fourth-order valence-corrected chi connectivity index (χ4v) is 2.38. The molecule has 5 nitrogen and oxygen atoms in total. The molecule has 0 fully saturated rings. The zero-order chi connectivity index (χ0) is 14.4. The second kappa shape index (κ2) is 6.91. The van der Waals surface area contributed by atoms with Gasteiger partial charge in [0.05, 0.1) is 12.2 Å². The van der Waals surface area contributed by atoms with Gasteiger partial charge in [0.2, 0.25) is 0 Å². The van der Waals surface area contributed by atoms with Crippen LogP contribution in [0.1, 0.15) is 16.8 Å². The van der Waals surface area contributed by atoms with E-state index >= 15 is 0 Å². The van der Waals surface area contributed by atoms with Gasteiger partial charge in [-0.2, -0.15) is 0 Å². The number of aryl methyl sites for hydroxylation is 1. The molecule has 2 aromatic rings. The van der Waals surface area contributed by atoms with E-state index in [1.807, 2.05) is 18.3 Å². The van der Waals surface area contributed by atoms with Crippen LogP contribution in [-0.2, 0) is 17.8 Å². The predicted octanol–water partition coefficient (Wildman–Crippen LogP) is 1.98. The summed E-state index contributed by atoms with van der Waals surface area (Å²) in [7, 11) is 0. The van der Waals surface area contributed by atoms with Gasteiger partial charge in [0.1, 0.15) is 10.8 Å². The standard InChI is InChI=1S/C14H17N3O2S/c1-2-10-7-17-14(20-10)8-16-13(18)9-19-12-6-4-3-5-11(12)15/h3-7H,2,8-9,15H2,1H3,(H,16,18). The molecule has 0 aliphatic carbocycles. The third-order valence-electron chi connectivity index (χ3n) is 2.66. The van der Waals surface area contributed by atoms with Gasteiger partial charge in [-0.3, -0.25) is 4.79 Å². The molecule has 20 heavy (non-hydrogen) atoms. The van der Waals surface area contributed by atoms with Crippen molar-refractivity contribution in [2.45, 2.75) is 19.9 Å². The Morgan fingerprint density at radius 2 is 2.25 bits per heavy atom. The monoisotopic (exact) mass is 291 g/mol. The largest absolute Gasteiger partial charge is 0.482 e. The number of nitrogens with one attached hydrogen (secondary N) is 1. The number of carbonyl (C=O) groups is 1. The number of anilines is 1. The van der Waals surface area contributed by atoms with Crippen LogP contribution in [0.4, 0.5) is 5.69 Å². The number of nitrogens with zero attached hydrogens (tertiary/aromatic N) is 1. The molecule has 6 heteroatoms. The van der Waals surface area contributed by atoms with Crippen LogP contribution in [0, 0.1) is 0 Å². The van der Waals surface area contributed by atoms with Gasteiger partial charge in [-0.05, 0) is 18.6 Å². The summed E-state index contributed by atoms with van der Waals surface area (Å²) in [6, 6.07) is 7.09. The zero-order valence-corrected chi connectivity index (χ0v) is 12.1. The molecule has 0 spiro atoms. The first-order valence-electron chi connectivity index (χ1n) is 6.36. The van der Waals surface area contributed by atoms with Gasteiger partial charge in [0.25, 0.3) is 5.91 Å². The first-order valence-corrected chi connectivity index (χ1v) is 7.18. The average molecular weight is 291 g/mol. The fraction of sp³-hybridized carbons (Fsp3) is 0.286. The lowest BCUT2D eigenvalue weighted by atomic mass is 10.3. The Balaban J connectivity index is 1.77. The molecule has 106 valence electrons. The normalized spacial score (nSPS) is 10.2. The van der Waals surface area contributed by atoms with Crippen molar-refractivity contribution in [3.8, 4) is 5.75 Å². The van der Waals surface area contributed by atoms with Gasteiger partial charge in [-0.1, -0.05) is 19.1 Å². The van der Waals surface area contributed by atoms with Crippen LogP contribution in [-0.4, -0.2) is 17.5 Å². The average Bonchev–Trinajstić information content (AvgIpc) is 2.92. The quantitative estimate of drug-likeness (QED) is 0.798. The van der Waals surface area contributed by atoms with Gasteiger partial charge in [-0.25, -0.2) is 4.98 Å². The number of thiazole rings is 1. The van der Waals surface area contributed by atoms with Crippen LogP contribution in [0.5, 0.6) is 5.75 Å². The lowest BCUT2D eigenvalue weighted by Crippen LogP contribution is -2.28. The summed E-state index contributed by atoms with van der Waals surface area (Å²) in [4.78, 5) is 17.1. The van der Waals surface area contributed by atoms with Crippen molar-refractivity contribution in [3.63, 3.8) is 0 Å². The molecule has 1 aromatic carbocycles. The van der Waals surface area contributed by atoms with E-state index in [4.69, 9.17) is 10.5 Å². The summed E-state index contributed by atoms with van der Waals surface area (Å²) >= 11 is 1.61. The van der Waals surface area contributed by atoms with Crippen LogP contribution in [0.25, 0.3) is 0 Å². The number of para-hydroxylation sites is 2. The number of ether oxygens (including phenoxy) is 1. The van der Waals surface area contributed by atoms with Crippen molar-refractivity contribution in [1.82, 2.24) is 10.3 Å². The maximum absolute atomic E-state index is 11.7. The Morgan fingerprint density at radius 3 is 2.95 bits per heavy atom. The fourth-order valence-electron chi connectivity index (χ4n) is 1.57. The zero-order valence-electron chi connectivity index (χ0n) is 11.3. The minimum atomic E-state index is -0.193. The van der Waals surface area contributed by atoms with E-state index in [9.17, 15) is 4.79 Å². The Labute approximate surface area is 121 Å². The maximum atomic E-state index is 11.7. The summed E-state index contributed by atoms with van der Waals surface area (Å²) in [6.07, 6.45) is 2.80. The van der Waals surface area contributed by atoms with Crippen molar-refractivity contribution >= 4 is 22.9 Å². The highest BCUT2D eigenvalue weighted by Crippen LogP contribution is 2.19. The topological polar surface area (TPSA) is 77.2 Å². The first-order chi connectivity index (χ1) is 9.69. The summed E-state index contributed by atoms with van der Waals surface area (Å²) in [5.41, 5.74) is 6.25. The van der Waals surface area contributed by atoms with Gasteiger partial charge in [-0.15, -0.1) is 11.3 Å². The smallest absolute Gasteiger partial charge is 0.258 e. The summed E-state index contributed by atoms with van der Waals surface area (Å²) in [5.74, 6) is 0.326. The molecular formula is C14H17N3O2S. The predicted molar refractivity (Wildman–Crippen MR) is 79.7 cm³/mol. The van der Waals surface area contributed by atoms with E-state index in [1.165, 1.54) is 4.88 Å². The molecule has 1 amide bonds. The molecule has 0 saturated heterocycles. The number of rotatable bonds is 6. The SMILES string of the molecule is CCc1cnc(CNC(=O)COc2ccccc2N)s1. The van der Waals surface area contributed by atoms with E-state index in [2.05, 4.69) is 17.2 Å². The molecule has 2 rings (SSSR count). The van der Waals surface area contributed by atoms with E-state index in [0.717, 1.165) is 11.4 Å². The minimum absolute atomic E-state index is 0.0553. The number of amides is 1. The van der Waals surface area contributed by atoms with Crippen molar-refractivity contribution in [1.29, 1.82) is 0 Å². The lowest BCUT2D eigenvalue weighted by Gasteiger charge is -2.08. The van der Waals surface area contributed by atoms with Crippen LogP contribution in [0.15, 0.2) is 30.5 Å². The van der Waals surface area contributed by atoms with Crippen molar-refractivity contribution in [3.05, 3.63) is 40.3 Å². The van der Waals surface area contributed by atoms with Crippen molar-refractivity contribution in [2.75, 3.05) is 12.3 Å². The summed E-state index contributed by atoms with van der Waals surface area (Å²) in [6.45, 7) is 2.45. The summed E-state index contributed by atoms with van der Waals surface area (Å²) in [5, 5.41) is 3.67. The number of benzene rings is 1. The molecule has 3 N–H and O–H groups in total. The van der Waals surface area contributed by atoms with Crippen LogP contribution in [0.2, 0.25) is 0 Å². The number of hydrogen-bond acceptors (Lipinski definition) is 5. The molecule has 0 bridgehead atoms. The molecular weight excluding hydrogens is 274 g/mol. The van der Waals surface area contributed by atoms with E-state index in [-0.39, 0.29) is 12.5 Å². The number of aromatic nitrogens is 1. The van der Waals surface area contributed by atoms with E-state index in [1.54, 1.807) is 23.5 Å². The second-order valence-corrected chi connectivity index (χ2v) is 5.38. The number of nitrogen functional groups attached to an aromatic ring is 1. The molecule has 0 radical (unpaired) electrons. The Hall–Kier alpha value is -2.08. The van der Waals surface area contributed by atoms with Gasteiger partial charge >= 0.3 is 0 Å². The number of carbonyl (C=O) groups excluding carboxylic acids is 1. The van der Waals surface area contributed by atoms with Gasteiger partial charge in [0.15, 0.2) is 6.61 Å². The molecule has 1 aromatic heterocycles. The Morgan fingerprint density at radius 1 is 1.45 bits per heavy atom. The lowest BCUT2D eigenvalue weighted by molar-refractivity contribution is -0.123. The third kappa shape index (κ3) is 3.96. The minimum Gasteiger partial charge on any atom is -0.482 e. The molecule has 1 heterocycles. The molecule has 0 aliphatic heterocycles.